The van der Waals surface area contributed by atoms with Crippen molar-refractivity contribution in [2.24, 2.45) is 0 Å². The minimum absolute atomic E-state index is 0.0627. The Bertz CT molecular complexity index is 1730. The number of hydrogen-bond donors (Lipinski definition) is 1. The summed E-state index contributed by atoms with van der Waals surface area (Å²) in [5.74, 6) is -0.825. The summed E-state index contributed by atoms with van der Waals surface area (Å²) in [6, 6.07) is 18.9. The van der Waals surface area contributed by atoms with Crippen LogP contribution in [-0.2, 0) is 24.4 Å². The number of rotatable bonds is 6. The van der Waals surface area contributed by atoms with Gasteiger partial charge in [-0.05, 0) is 43.0 Å². The van der Waals surface area contributed by atoms with Gasteiger partial charge in [0.15, 0.2) is 5.52 Å². The maximum atomic E-state index is 13.6. The normalized spacial score (nSPS) is 11.3. The average molecular weight is 486 g/mol. The third-order valence-corrected chi connectivity index (χ3v) is 6.19. The molecule has 0 saturated heterocycles. The summed E-state index contributed by atoms with van der Waals surface area (Å²) in [6.07, 6.45) is 0. The number of fused-ring (bicyclic) bond motifs is 2. The lowest BCUT2D eigenvalue weighted by Crippen LogP contribution is -2.42. The molecule has 0 bridgehead atoms. The van der Waals surface area contributed by atoms with E-state index < -0.39 is 23.0 Å². The van der Waals surface area contributed by atoms with E-state index in [0.29, 0.717) is 29.0 Å². The van der Waals surface area contributed by atoms with Crippen molar-refractivity contribution in [1.82, 2.24) is 18.9 Å². The molecule has 0 atom stereocenters. The third kappa shape index (κ3) is 4.08. The molecule has 0 saturated carbocycles. The molecule has 1 amide bonds. The SMILES string of the molecule is CCn1nc(C)c2c1c(=O)n(Cc1ccc(F)cc1)c(=O)n2CC(=O)Nc1cccc2ccccc12. The molecule has 0 fully saturated rings. The molecule has 0 aliphatic heterocycles. The van der Waals surface area contributed by atoms with Gasteiger partial charge in [0, 0.05) is 17.6 Å². The summed E-state index contributed by atoms with van der Waals surface area (Å²) in [5, 5.41) is 9.18. The second-order valence-electron chi connectivity index (χ2n) is 8.56. The first-order valence-corrected chi connectivity index (χ1v) is 11.6. The van der Waals surface area contributed by atoms with Crippen molar-refractivity contribution in [3.63, 3.8) is 0 Å². The molecule has 36 heavy (non-hydrogen) atoms. The predicted molar refractivity (Wildman–Crippen MR) is 137 cm³/mol. The van der Waals surface area contributed by atoms with Crippen molar-refractivity contribution in [3.05, 3.63) is 105 Å². The molecular weight excluding hydrogens is 461 g/mol. The summed E-state index contributed by atoms with van der Waals surface area (Å²) >= 11 is 0. The maximum Gasteiger partial charge on any atom is 0.332 e. The highest BCUT2D eigenvalue weighted by Gasteiger charge is 2.22. The van der Waals surface area contributed by atoms with E-state index in [9.17, 15) is 18.8 Å². The number of carbonyl (C=O) groups is 1. The highest BCUT2D eigenvalue weighted by Crippen LogP contribution is 2.23. The first kappa shape index (κ1) is 23.2. The average Bonchev–Trinajstić information content (AvgIpc) is 3.22. The smallest absolute Gasteiger partial charge is 0.324 e. The molecule has 0 aliphatic rings. The van der Waals surface area contributed by atoms with Gasteiger partial charge >= 0.3 is 5.69 Å². The lowest BCUT2D eigenvalue weighted by atomic mass is 10.1. The summed E-state index contributed by atoms with van der Waals surface area (Å²) in [6.45, 7) is 3.59. The highest BCUT2D eigenvalue weighted by molar-refractivity contribution is 6.02. The summed E-state index contributed by atoms with van der Waals surface area (Å²) in [7, 11) is 0. The molecule has 2 aromatic heterocycles. The minimum atomic E-state index is -0.636. The van der Waals surface area contributed by atoms with Crippen LogP contribution in [0, 0.1) is 12.7 Å². The first-order valence-electron chi connectivity index (χ1n) is 11.6. The van der Waals surface area contributed by atoms with Crippen molar-refractivity contribution in [2.45, 2.75) is 33.5 Å². The summed E-state index contributed by atoms with van der Waals surface area (Å²) in [4.78, 5) is 40.1. The van der Waals surface area contributed by atoms with Crippen LogP contribution in [0.3, 0.4) is 0 Å². The van der Waals surface area contributed by atoms with Gasteiger partial charge in [0.05, 0.1) is 12.2 Å². The van der Waals surface area contributed by atoms with E-state index >= 15 is 0 Å². The van der Waals surface area contributed by atoms with Crippen molar-refractivity contribution in [2.75, 3.05) is 5.32 Å². The molecule has 0 unspecified atom stereocenters. The topological polar surface area (TPSA) is 90.9 Å². The van der Waals surface area contributed by atoms with Crippen LogP contribution in [-0.4, -0.2) is 24.8 Å². The van der Waals surface area contributed by atoms with Crippen LogP contribution in [0.5, 0.6) is 0 Å². The van der Waals surface area contributed by atoms with Gasteiger partial charge in [-0.2, -0.15) is 5.10 Å². The monoisotopic (exact) mass is 485 g/mol. The number of amides is 1. The van der Waals surface area contributed by atoms with Crippen LogP contribution < -0.4 is 16.6 Å². The van der Waals surface area contributed by atoms with Gasteiger partial charge in [-0.15, -0.1) is 0 Å². The van der Waals surface area contributed by atoms with Gasteiger partial charge in [-0.25, -0.2) is 9.18 Å². The number of benzene rings is 3. The molecule has 5 aromatic rings. The standard InChI is InChI=1S/C27H24FN5O3/c1-3-33-25-24(17(2)30-33)31(27(36)32(26(25)35)15-18-11-13-20(28)14-12-18)16-23(34)29-22-10-6-8-19-7-4-5-9-21(19)22/h4-14H,3,15-16H2,1-2H3,(H,29,34). The van der Waals surface area contributed by atoms with E-state index in [1.165, 1.54) is 33.5 Å². The van der Waals surface area contributed by atoms with Crippen molar-refractivity contribution in [3.8, 4) is 0 Å². The minimum Gasteiger partial charge on any atom is -0.324 e. The molecule has 9 heteroatoms. The lowest BCUT2D eigenvalue weighted by Gasteiger charge is -2.14. The Kier molecular flexibility index (Phi) is 5.97. The van der Waals surface area contributed by atoms with E-state index in [2.05, 4.69) is 10.4 Å². The molecule has 0 aliphatic carbocycles. The Morgan fingerprint density at radius 2 is 1.67 bits per heavy atom. The second kappa shape index (κ2) is 9.26. The van der Waals surface area contributed by atoms with Crippen molar-refractivity contribution in [1.29, 1.82) is 0 Å². The maximum absolute atomic E-state index is 13.6. The molecule has 0 spiro atoms. The van der Waals surface area contributed by atoms with Gasteiger partial charge < -0.3 is 5.32 Å². The van der Waals surface area contributed by atoms with Gasteiger partial charge in [0.1, 0.15) is 17.9 Å². The molecule has 1 N–H and O–H groups in total. The fraction of sp³-hybridized carbons (Fsp3) is 0.185. The number of carbonyl (C=O) groups excluding carboxylic acids is 1. The van der Waals surface area contributed by atoms with Crippen molar-refractivity contribution < 1.29 is 9.18 Å². The first-order chi connectivity index (χ1) is 17.4. The zero-order valence-electron chi connectivity index (χ0n) is 19.9. The number of nitrogens with one attached hydrogen (secondary N) is 1. The van der Waals surface area contributed by atoms with Crippen LogP contribution in [0.25, 0.3) is 21.8 Å². The Labute approximate surface area is 205 Å². The Hall–Kier alpha value is -4.53. The van der Waals surface area contributed by atoms with E-state index in [4.69, 9.17) is 0 Å². The van der Waals surface area contributed by atoms with Crippen LogP contribution in [0.15, 0.2) is 76.3 Å². The molecule has 182 valence electrons. The third-order valence-electron chi connectivity index (χ3n) is 6.19. The van der Waals surface area contributed by atoms with Crippen LogP contribution in [0.2, 0.25) is 0 Å². The highest BCUT2D eigenvalue weighted by atomic mass is 19.1. The Balaban J connectivity index is 1.60. The van der Waals surface area contributed by atoms with Gasteiger partial charge in [-0.3, -0.25) is 23.4 Å². The summed E-state index contributed by atoms with van der Waals surface area (Å²) < 4.78 is 17.3. The van der Waals surface area contributed by atoms with Gasteiger partial charge in [0.2, 0.25) is 5.91 Å². The zero-order chi connectivity index (χ0) is 25.4. The van der Waals surface area contributed by atoms with Crippen LogP contribution in [0.1, 0.15) is 18.2 Å². The largest absolute Gasteiger partial charge is 0.332 e. The number of nitrogens with zero attached hydrogens (tertiary/aromatic N) is 4. The molecule has 8 nitrogen and oxygen atoms in total. The number of halogens is 1. The van der Waals surface area contributed by atoms with E-state index in [0.717, 1.165) is 15.3 Å². The van der Waals surface area contributed by atoms with Gasteiger partial charge in [-0.1, -0.05) is 48.5 Å². The molecular formula is C27H24FN5O3. The molecule has 5 rings (SSSR count). The van der Waals surface area contributed by atoms with Crippen LogP contribution in [0.4, 0.5) is 10.1 Å². The van der Waals surface area contributed by atoms with Crippen molar-refractivity contribution >= 4 is 33.4 Å². The van der Waals surface area contributed by atoms with E-state index in [-0.39, 0.29) is 18.6 Å². The number of hydrogen-bond acceptors (Lipinski definition) is 4. The Morgan fingerprint density at radius 1 is 0.944 bits per heavy atom. The fourth-order valence-corrected chi connectivity index (χ4v) is 4.52. The fourth-order valence-electron chi connectivity index (χ4n) is 4.52. The second-order valence-corrected chi connectivity index (χ2v) is 8.56. The number of anilines is 1. The number of aromatic nitrogens is 4. The Morgan fingerprint density at radius 3 is 2.42 bits per heavy atom. The van der Waals surface area contributed by atoms with Gasteiger partial charge in [0.25, 0.3) is 5.56 Å². The molecule has 2 heterocycles. The van der Waals surface area contributed by atoms with E-state index in [1.54, 1.807) is 13.0 Å². The summed E-state index contributed by atoms with van der Waals surface area (Å²) in [5.41, 5.74) is 1.12. The van der Waals surface area contributed by atoms with E-state index in [1.807, 2.05) is 43.3 Å². The van der Waals surface area contributed by atoms with Crippen LogP contribution >= 0.6 is 0 Å². The lowest BCUT2D eigenvalue weighted by molar-refractivity contribution is -0.116. The quantitative estimate of drug-likeness (QED) is 0.397. The molecule has 0 radical (unpaired) electrons. The molecule has 3 aromatic carbocycles. The predicted octanol–water partition coefficient (Wildman–Crippen LogP) is 3.67. The number of aryl methyl sites for hydroxylation is 2. The zero-order valence-corrected chi connectivity index (χ0v) is 19.9.